The van der Waals surface area contributed by atoms with Crippen molar-refractivity contribution >= 4 is 64.4 Å². The van der Waals surface area contributed by atoms with Crippen molar-refractivity contribution < 1.29 is 5.11 Å². The van der Waals surface area contributed by atoms with E-state index in [1.54, 1.807) is 0 Å². The summed E-state index contributed by atoms with van der Waals surface area (Å²) in [6.45, 7) is 0. The normalized spacial score (nSPS) is 9.00. The Bertz CT molecular complexity index is 241. The molecule has 0 aliphatic rings. The molecule has 0 saturated heterocycles. The molecule has 1 rings (SSSR count). The third-order valence-corrected chi connectivity index (χ3v) is 2.13. The molecule has 0 saturated carbocycles. The van der Waals surface area contributed by atoms with Crippen molar-refractivity contribution in [2.24, 2.45) is 0 Å². The predicted molar refractivity (Wildman–Crippen MR) is 48.1 cm³/mol. The number of pyridine rings is 1. The van der Waals surface area contributed by atoms with Crippen LogP contribution in [-0.4, -0.2) is 39.6 Å². The minimum absolute atomic E-state index is 0. The van der Waals surface area contributed by atoms with E-state index in [2.05, 4.69) is 4.98 Å². The van der Waals surface area contributed by atoms with Crippen molar-refractivity contribution in [2.45, 2.75) is 0 Å². The first-order valence-electron chi connectivity index (χ1n) is 2.31. The van der Waals surface area contributed by atoms with Crippen LogP contribution >= 0.6 is 34.8 Å². The summed E-state index contributed by atoms with van der Waals surface area (Å²) >= 11 is 16.5. The topological polar surface area (TPSA) is 33.1 Å². The molecule has 6 heteroatoms. The van der Waals surface area contributed by atoms with Crippen molar-refractivity contribution in [3.8, 4) is 5.88 Å². The van der Waals surface area contributed by atoms with Crippen molar-refractivity contribution in [1.82, 2.24) is 4.98 Å². The quantitative estimate of drug-likeness (QED) is 0.682. The van der Waals surface area contributed by atoms with E-state index >= 15 is 0 Å². The van der Waals surface area contributed by atoms with Crippen LogP contribution in [0.3, 0.4) is 0 Å². The summed E-state index contributed by atoms with van der Waals surface area (Å²) in [6.07, 6.45) is 1.23. The molecule has 0 aliphatic carbocycles. The summed E-state index contributed by atoms with van der Waals surface area (Å²) in [5.41, 5.74) is 0. The number of rotatable bonds is 0. The summed E-state index contributed by atoms with van der Waals surface area (Å²) < 4.78 is 0. The van der Waals surface area contributed by atoms with Gasteiger partial charge in [0.05, 0.1) is 16.2 Å². The second-order valence-corrected chi connectivity index (χ2v) is 2.72. The molecule has 2 nitrogen and oxygen atoms in total. The molecule has 0 fully saturated rings. The third-order valence-electron chi connectivity index (χ3n) is 0.899. The monoisotopic (exact) mass is 221 g/mol. The molecule has 0 aliphatic heterocycles. The Hall–Kier alpha value is 0.820. The van der Waals surface area contributed by atoms with E-state index in [9.17, 15) is 0 Å². The molecular weight excluding hydrogens is 219 g/mol. The van der Waals surface area contributed by atoms with E-state index in [-0.39, 0.29) is 50.5 Å². The molecule has 0 aromatic carbocycles. The van der Waals surface area contributed by atoms with E-state index in [1.807, 2.05) is 0 Å². The third kappa shape index (κ3) is 2.65. The molecule has 0 unspecified atom stereocenters. The zero-order valence-corrected chi connectivity index (χ0v) is 6.87. The van der Waals surface area contributed by atoms with Crippen molar-refractivity contribution in [3.05, 3.63) is 21.3 Å². The van der Waals surface area contributed by atoms with Gasteiger partial charge in [-0.3, -0.25) is 0 Å². The molecule has 1 heterocycles. The Kier molecular flexibility index (Phi) is 5.10. The summed E-state index contributed by atoms with van der Waals surface area (Å²) in [5.74, 6) is -0.309. The predicted octanol–water partition coefficient (Wildman–Crippen LogP) is 2.10. The van der Waals surface area contributed by atoms with Gasteiger partial charge in [-0.15, -0.1) is 0 Å². The van der Waals surface area contributed by atoms with Gasteiger partial charge < -0.3 is 5.11 Å². The van der Waals surface area contributed by atoms with E-state index in [4.69, 9.17) is 39.9 Å². The molecule has 11 heavy (non-hydrogen) atoms. The van der Waals surface area contributed by atoms with Crippen LogP contribution in [0.25, 0.3) is 0 Å². The Morgan fingerprint density at radius 3 is 2.18 bits per heavy atom. The molecule has 1 aromatic heterocycles. The SMILES string of the molecule is Oc1ncc(Cl)c(Cl)c1Cl.[NaH]. The van der Waals surface area contributed by atoms with E-state index in [0.717, 1.165) is 0 Å². The first kappa shape index (κ1) is 11.8. The van der Waals surface area contributed by atoms with Gasteiger partial charge in [0.15, 0.2) is 0 Å². The van der Waals surface area contributed by atoms with Crippen LogP contribution in [0.15, 0.2) is 6.20 Å². The first-order chi connectivity index (χ1) is 4.63. The Labute approximate surface area is 101 Å². The van der Waals surface area contributed by atoms with E-state index in [0.29, 0.717) is 0 Å². The average Bonchev–Trinajstić information content (AvgIpc) is 1.93. The standard InChI is InChI=1S/C5H2Cl3NO.Na.H/c6-2-1-9-5(10)4(8)3(2)7;;/h1H,(H,9,10);;. The summed E-state index contributed by atoms with van der Waals surface area (Å²) in [5, 5.41) is 9.17. The maximum absolute atomic E-state index is 8.84. The molecule has 0 bridgehead atoms. The van der Waals surface area contributed by atoms with Gasteiger partial charge >= 0.3 is 29.6 Å². The van der Waals surface area contributed by atoms with Gasteiger partial charge in [0.25, 0.3) is 0 Å². The summed E-state index contributed by atoms with van der Waals surface area (Å²) in [6, 6.07) is 0. The van der Waals surface area contributed by atoms with Crippen LogP contribution in [-0.2, 0) is 0 Å². The molecule has 0 amide bonds. The van der Waals surface area contributed by atoms with Crippen LogP contribution in [0.2, 0.25) is 15.1 Å². The van der Waals surface area contributed by atoms with Gasteiger partial charge in [-0.1, -0.05) is 34.8 Å². The number of aromatic nitrogens is 1. The minimum atomic E-state index is -0.309. The molecule has 0 radical (unpaired) electrons. The van der Waals surface area contributed by atoms with Crippen LogP contribution in [0.4, 0.5) is 0 Å². The average molecular weight is 222 g/mol. The van der Waals surface area contributed by atoms with Gasteiger partial charge in [0, 0.05) is 0 Å². The van der Waals surface area contributed by atoms with E-state index < -0.39 is 0 Å². The fraction of sp³-hybridized carbons (Fsp3) is 0. The second-order valence-electron chi connectivity index (χ2n) is 1.56. The second kappa shape index (κ2) is 4.75. The molecule has 0 atom stereocenters. The van der Waals surface area contributed by atoms with Crippen LogP contribution in [0, 0.1) is 0 Å². The van der Waals surface area contributed by atoms with Gasteiger partial charge in [-0.25, -0.2) is 4.98 Å². The Morgan fingerprint density at radius 1 is 1.18 bits per heavy atom. The van der Waals surface area contributed by atoms with Crippen molar-refractivity contribution in [3.63, 3.8) is 0 Å². The van der Waals surface area contributed by atoms with Crippen LogP contribution in [0.5, 0.6) is 5.88 Å². The number of nitrogens with zero attached hydrogens (tertiary/aromatic N) is 1. The molecule has 1 aromatic rings. The molecule has 1 N–H and O–H groups in total. The number of hydrogen-bond donors (Lipinski definition) is 1. The van der Waals surface area contributed by atoms with Gasteiger partial charge in [-0.2, -0.15) is 0 Å². The molecule has 0 spiro atoms. The van der Waals surface area contributed by atoms with Crippen molar-refractivity contribution in [1.29, 1.82) is 0 Å². The number of aromatic hydroxyl groups is 1. The van der Waals surface area contributed by atoms with Crippen LogP contribution < -0.4 is 0 Å². The number of hydrogen-bond acceptors (Lipinski definition) is 2. The molecular formula is C5H3Cl3NNaO. The van der Waals surface area contributed by atoms with Crippen molar-refractivity contribution in [2.75, 3.05) is 0 Å². The summed E-state index contributed by atoms with van der Waals surface area (Å²) in [4.78, 5) is 3.45. The maximum atomic E-state index is 8.84. The Morgan fingerprint density at radius 2 is 1.73 bits per heavy atom. The fourth-order valence-corrected chi connectivity index (χ4v) is 0.910. The molecule has 56 valence electrons. The first-order valence-corrected chi connectivity index (χ1v) is 3.44. The van der Waals surface area contributed by atoms with Gasteiger partial charge in [0.2, 0.25) is 5.88 Å². The van der Waals surface area contributed by atoms with Crippen LogP contribution in [0.1, 0.15) is 0 Å². The zero-order chi connectivity index (χ0) is 7.72. The van der Waals surface area contributed by atoms with E-state index in [1.165, 1.54) is 6.20 Å². The fourth-order valence-electron chi connectivity index (χ4n) is 0.434. The Balaban J connectivity index is 0.000001000. The van der Waals surface area contributed by atoms with Gasteiger partial charge in [0.1, 0.15) is 5.02 Å². The van der Waals surface area contributed by atoms with Gasteiger partial charge in [-0.05, 0) is 0 Å². The number of halogens is 3. The zero-order valence-electron chi connectivity index (χ0n) is 4.61. The summed E-state index contributed by atoms with van der Waals surface area (Å²) in [7, 11) is 0.